The van der Waals surface area contributed by atoms with Gasteiger partial charge in [-0.3, -0.25) is 14.6 Å². The van der Waals surface area contributed by atoms with Gasteiger partial charge in [0.05, 0.1) is 39.6 Å². The van der Waals surface area contributed by atoms with E-state index in [4.69, 9.17) is 11.6 Å². The number of sulfone groups is 1. The summed E-state index contributed by atoms with van der Waals surface area (Å²) in [4.78, 5) is 44.4. The number of amides is 4. The molecule has 1 aromatic heterocycles. The first-order valence-corrected chi connectivity index (χ1v) is 13.1. The third-order valence-electron chi connectivity index (χ3n) is 6.14. The number of hydrogen-bond acceptors (Lipinski definition) is 6. The quantitative estimate of drug-likeness (QED) is 0.409. The van der Waals surface area contributed by atoms with Crippen molar-refractivity contribution in [3.05, 3.63) is 83.1 Å². The second kappa shape index (κ2) is 9.97. The van der Waals surface area contributed by atoms with E-state index in [1.165, 1.54) is 37.2 Å². The lowest BCUT2D eigenvalue weighted by molar-refractivity contribution is -0.123. The smallest absolute Gasteiger partial charge is 0.320 e. The Balaban J connectivity index is 1.61. The van der Waals surface area contributed by atoms with Gasteiger partial charge in [-0.1, -0.05) is 23.7 Å². The van der Waals surface area contributed by atoms with Crippen LogP contribution < -0.4 is 10.2 Å². The van der Waals surface area contributed by atoms with Gasteiger partial charge in [0.25, 0.3) is 21.7 Å². The van der Waals surface area contributed by atoms with E-state index in [0.717, 1.165) is 17.0 Å². The molecule has 0 saturated carbocycles. The zero-order valence-corrected chi connectivity index (χ0v) is 21.9. The largest absolute Gasteiger partial charge is 0.501 e. The minimum atomic E-state index is -5.60. The van der Waals surface area contributed by atoms with Gasteiger partial charge in [-0.15, -0.1) is 0 Å². The van der Waals surface area contributed by atoms with E-state index in [1.807, 2.05) is 0 Å². The monoisotopic (exact) mass is 580 g/mol. The minimum Gasteiger partial charge on any atom is -0.320 e. The lowest BCUT2D eigenvalue weighted by Crippen LogP contribution is -2.43. The molecular formula is C25H20ClF3N4O5S. The van der Waals surface area contributed by atoms with Gasteiger partial charge in [0.2, 0.25) is 0 Å². The topological polar surface area (TPSA) is 117 Å². The van der Waals surface area contributed by atoms with Crippen molar-refractivity contribution < 1.29 is 36.0 Å². The van der Waals surface area contributed by atoms with Crippen molar-refractivity contribution in [2.45, 2.75) is 36.3 Å². The number of nitrogens with one attached hydrogen (secondary N) is 1. The predicted molar refractivity (Wildman–Crippen MR) is 136 cm³/mol. The molecular weight excluding hydrogens is 561 g/mol. The summed E-state index contributed by atoms with van der Waals surface area (Å²) < 4.78 is 62.0. The second-order valence-electron chi connectivity index (χ2n) is 8.98. The average Bonchev–Trinajstić information content (AvgIpc) is 3.03. The second-order valence-corrected chi connectivity index (χ2v) is 11.3. The Labute approximate surface area is 226 Å². The molecule has 1 aliphatic heterocycles. The molecule has 0 atom stereocenters. The zero-order chi connectivity index (χ0) is 28.8. The number of benzene rings is 2. The van der Waals surface area contributed by atoms with Crippen molar-refractivity contribution >= 4 is 50.7 Å². The Morgan fingerprint density at radius 3 is 2.31 bits per heavy atom. The van der Waals surface area contributed by atoms with E-state index in [0.29, 0.717) is 17.7 Å². The number of imide groups is 1. The summed E-state index contributed by atoms with van der Waals surface area (Å²) in [5, 5.41) is 2.93. The maximum Gasteiger partial charge on any atom is 0.501 e. The molecule has 1 aliphatic rings. The molecule has 2 aromatic carbocycles. The molecule has 4 rings (SSSR count). The fraction of sp³-hybridized carbons (Fsp3) is 0.200. The van der Waals surface area contributed by atoms with Crippen LogP contribution >= 0.6 is 11.6 Å². The van der Waals surface area contributed by atoms with E-state index in [1.54, 1.807) is 24.3 Å². The van der Waals surface area contributed by atoms with Gasteiger partial charge in [0, 0.05) is 6.20 Å². The Kier molecular flexibility index (Phi) is 7.17. The van der Waals surface area contributed by atoms with Gasteiger partial charge < -0.3 is 10.2 Å². The first-order chi connectivity index (χ1) is 18.2. The van der Waals surface area contributed by atoms with Crippen molar-refractivity contribution in [1.29, 1.82) is 0 Å². The summed E-state index contributed by atoms with van der Waals surface area (Å²) in [5.41, 5.74) is -6.10. The summed E-state index contributed by atoms with van der Waals surface area (Å²) in [5.74, 6) is -1.21. The highest BCUT2D eigenvalue weighted by Gasteiger charge is 2.52. The molecule has 39 heavy (non-hydrogen) atoms. The molecule has 9 nitrogen and oxygen atoms in total. The number of carbonyl (C=O) groups excluding carboxylic acids is 3. The lowest BCUT2D eigenvalue weighted by Gasteiger charge is -2.28. The standard InChI is InChI=1S/C25H20ClF3N4O5S/c1-24(2)22(35)33(16-7-9-17(10-8-16)39(37,38)25(27,28)29)23(36)32(24)14-15-11-12-30-13-20(15)31-21(34)18-5-3-4-6-19(18)26/h3-13H,14H2,1-2H3,(H,31,34). The molecule has 1 saturated heterocycles. The Morgan fingerprint density at radius 2 is 1.69 bits per heavy atom. The van der Waals surface area contributed by atoms with E-state index in [-0.39, 0.29) is 28.5 Å². The van der Waals surface area contributed by atoms with Gasteiger partial charge in [-0.25, -0.2) is 18.1 Å². The Morgan fingerprint density at radius 1 is 1.05 bits per heavy atom. The minimum absolute atomic E-state index is 0.108. The van der Waals surface area contributed by atoms with Crippen LogP contribution in [0.25, 0.3) is 0 Å². The molecule has 14 heteroatoms. The van der Waals surface area contributed by atoms with Gasteiger partial charge >= 0.3 is 11.5 Å². The van der Waals surface area contributed by atoms with Crippen LogP contribution in [0.4, 0.5) is 29.3 Å². The molecule has 1 fully saturated rings. The third-order valence-corrected chi connectivity index (χ3v) is 7.97. The highest BCUT2D eigenvalue weighted by molar-refractivity contribution is 7.92. The molecule has 3 aromatic rings. The van der Waals surface area contributed by atoms with Crippen molar-refractivity contribution in [3.8, 4) is 0 Å². The number of alkyl halides is 3. The van der Waals surface area contributed by atoms with E-state index in [9.17, 15) is 36.0 Å². The molecule has 0 bridgehead atoms. The van der Waals surface area contributed by atoms with Crippen LogP contribution in [0.15, 0.2) is 71.9 Å². The summed E-state index contributed by atoms with van der Waals surface area (Å²) in [6, 6.07) is 10.4. The van der Waals surface area contributed by atoms with Crippen LogP contribution in [0, 0.1) is 0 Å². The van der Waals surface area contributed by atoms with Gasteiger partial charge in [-0.2, -0.15) is 13.2 Å². The number of carbonyl (C=O) groups is 3. The Hall–Kier alpha value is -3.97. The number of pyridine rings is 1. The van der Waals surface area contributed by atoms with Crippen molar-refractivity contribution in [3.63, 3.8) is 0 Å². The predicted octanol–water partition coefficient (Wildman–Crippen LogP) is 5.03. The van der Waals surface area contributed by atoms with Gasteiger partial charge in [-0.05, 0) is 61.9 Å². The first kappa shape index (κ1) is 28.0. The number of anilines is 2. The highest BCUT2D eigenvalue weighted by Crippen LogP contribution is 2.36. The molecule has 204 valence electrons. The van der Waals surface area contributed by atoms with Crippen molar-refractivity contribution in [1.82, 2.24) is 9.88 Å². The summed E-state index contributed by atoms with van der Waals surface area (Å²) >= 11 is 6.10. The number of urea groups is 1. The SMILES string of the molecule is CC1(C)C(=O)N(c2ccc(S(=O)(=O)C(F)(F)F)cc2)C(=O)N1Cc1ccncc1NC(=O)c1ccccc1Cl. The average molecular weight is 581 g/mol. The number of nitrogens with zero attached hydrogens (tertiary/aromatic N) is 3. The summed E-state index contributed by atoms with van der Waals surface area (Å²) in [7, 11) is -5.60. The molecule has 2 heterocycles. The molecule has 0 unspecified atom stereocenters. The number of aromatic nitrogens is 1. The zero-order valence-electron chi connectivity index (χ0n) is 20.4. The fourth-order valence-electron chi connectivity index (χ4n) is 3.92. The third kappa shape index (κ3) is 5.06. The van der Waals surface area contributed by atoms with Gasteiger partial charge in [0.1, 0.15) is 5.54 Å². The van der Waals surface area contributed by atoms with Crippen LogP contribution in [0.2, 0.25) is 5.02 Å². The summed E-state index contributed by atoms with van der Waals surface area (Å²) in [6.07, 6.45) is 2.81. The molecule has 4 amide bonds. The molecule has 0 aliphatic carbocycles. The molecule has 0 radical (unpaired) electrons. The van der Waals surface area contributed by atoms with E-state index < -0.39 is 43.6 Å². The lowest BCUT2D eigenvalue weighted by atomic mass is 10.0. The van der Waals surface area contributed by atoms with Crippen LogP contribution in [0.3, 0.4) is 0 Å². The highest BCUT2D eigenvalue weighted by atomic mass is 35.5. The van der Waals surface area contributed by atoms with E-state index >= 15 is 0 Å². The normalized spacial score (nSPS) is 15.5. The van der Waals surface area contributed by atoms with Crippen molar-refractivity contribution in [2.24, 2.45) is 0 Å². The van der Waals surface area contributed by atoms with E-state index in [2.05, 4.69) is 10.3 Å². The summed E-state index contributed by atoms with van der Waals surface area (Å²) in [6.45, 7) is 2.83. The maximum atomic E-state index is 13.4. The fourth-order valence-corrected chi connectivity index (χ4v) is 4.90. The molecule has 1 N–H and O–H groups in total. The van der Waals surface area contributed by atoms with Crippen molar-refractivity contribution in [2.75, 3.05) is 10.2 Å². The van der Waals surface area contributed by atoms with Crippen LogP contribution in [-0.4, -0.2) is 47.2 Å². The van der Waals surface area contributed by atoms with Gasteiger partial charge in [0.15, 0.2) is 0 Å². The number of hydrogen-bond donors (Lipinski definition) is 1. The number of rotatable bonds is 6. The maximum absolute atomic E-state index is 13.4. The molecule has 0 spiro atoms. The first-order valence-electron chi connectivity index (χ1n) is 11.2. The number of halogens is 4. The van der Waals surface area contributed by atoms with Crippen LogP contribution in [0.1, 0.15) is 29.8 Å². The Bertz CT molecular complexity index is 1580. The van der Waals surface area contributed by atoms with Crippen LogP contribution in [-0.2, 0) is 21.2 Å². The van der Waals surface area contributed by atoms with Crippen LogP contribution in [0.5, 0.6) is 0 Å².